The quantitative estimate of drug-likeness (QED) is 0.478. The summed E-state index contributed by atoms with van der Waals surface area (Å²) in [5, 5.41) is 7.11. The fourth-order valence-corrected chi connectivity index (χ4v) is 2.25. The molecule has 0 radical (unpaired) electrons. The Bertz CT molecular complexity index is 522. The summed E-state index contributed by atoms with van der Waals surface area (Å²) in [5.41, 5.74) is 0.971. The molecule has 0 atom stereocenters. The van der Waals surface area contributed by atoms with E-state index in [0.717, 1.165) is 17.9 Å². The van der Waals surface area contributed by atoms with Crippen LogP contribution < -0.4 is 5.32 Å². The fraction of sp³-hybridized carbons (Fsp3) is 0.286. The van der Waals surface area contributed by atoms with Gasteiger partial charge in [-0.1, -0.05) is 18.2 Å². The number of benzene rings is 1. The minimum absolute atomic E-state index is 0.558. The second-order valence-corrected chi connectivity index (χ2v) is 5.23. The van der Waals surface area contributed by atoms with Gasteiger partial charge in [0.25, 0.3) is 0 Å². The molecule has 1 N–H and O–H groups in total. The van der Waals surface area contributed by atoms with Crippen LogP contribution >= 0.6 is 11.8 Å². The number of nitrogens with zero attached hydrogens (tertiary/aromatic N) is 2. The molecule has 0 aliphatic carbocycles. The molecule has 2 rings (SSSR count). The van der Waals surface area contributed by atoms with E-state index in [1.54, 1.807) is 6.08 Å². The predicted octanol–water partition coefficient (Wildman–Crippen LogP) is 3.12. The Hall–Kier alpha value is -1.59. The third-order valence-electron chi connectivity index (χ3n) is 2.46. The van der Waals surface area contributed by atoms with Crippen LogP contribution in [0.4, 0.5) is 0 Å². The molecule has 5 heteroatoms. The third-order valence-corrected chi connectivity index (χ3v) is 3.35. The second-order valence-electron chi connectivity index (χ2n) is 3.89. The summed E-state index contributed by atoms with van der Waals surface area (Å²) in [6.07, 6.45) is 1.79. The van der Waals surface area contributed by atoms with E-state index in [9.17, 15) is 0 Å². The highest BCUT2D eigenvalue weighted by molar-refractivity contribution is 7.99. The lowest BCUT2D eigenvalue weighted by molar-refractivity contribution is 0.370. The number of hydrogen-bond acceptors (Lipinski definition) is 5. The van der Waals surface area contributed by atoms with Gasteiger partial charge in [0.15, 0.2) is 0 Å². The van der Waals surface area contributed by atoms with Crippen LogP contribution in [0.25, 0.3) is 11.4 Å². The topological polar surface area (TPSA) is 51.0 Å². The highest BCUT2D eigenvalue weighted by atomic mass is 32.2. The molecule has 0 amide bonds. The molecule has 1 aromatic carbocycles. The maximum Gasteiger partial charge on any atom is 0.240 e. The third kappa shape index (κ3) is 3.94. The van der Waals surface area contributed by atoms with E-state index in [0.29, 0.717) is 18.3 Å². The van der Waals surface area contributed by atoms with Crippen molar-refractivity contribution in [3.05, 3.63) is 42.8 Å². The zero-order chi connectivity index (χ0) is 13.5. The van der Waals surface area contributed by atoms with Gasteiger partial charge in [-0.25, -0.2) is 0 Å². The maximum atomic E-state index is 5.18. The van der Waals surface area contributed by atoms with Crippen LogP contribution in [-0.4, -0.2) is 22.4 Å². The van der Waals surface area contributed by atoms with Crippen LogP contribution in [-0.2, 0) is 6.54 Å². The molecule has 0 aliphatic rings. The number of nitrogens with one attached hydrogen (secondary N) is 1. The van der Waals surface area contributed by atoms with E-state index in [1.165, 1.54) is 4.90 Å². The number of aromatic nitrogens is 2. The van der Waals surface area contributed by atoms with E-state index in [2.05, 4.69) is 41.1 Å². The van der Waals surface area contributed by atoms with Crippen LogP contribution in [0.15, 0.2) is 46.3 Å². The maximum absolute atomic E-state index is 5.18. The van der Waals surface area contributed by atoms with Crippen LogP contribution in [0.5, 0.6) is 0 Å². The number of thioether (sulfide) groups is 1. The molecule has 100 valence electrons. The fourth-order valence-electron chi connectivity index (χ4n) is 1.59. The Morgan fingerprint density at radius 3 is 2.84 bits per heavy atom. The van der Waals surface area contributed by atoms with Crippen LogP contribution in [0, 0.1) is 0 Å². The van der Waals surface area contributed by atoms with Gasteiger partial charge >= 0.3 is 0 Å². The molecule has 0 spiro atoms. The molecule has 0 saturated heterocycles. The summed E-state index contributed by atoms with van der Waals surface area (Å²) in [7, 11) is 0. The van der Waals surface area contributed by atoms with Crippen molar-refractivity contribution in [3.63, 3.8) is 0 Å². The zero-order valence-electron chi connectivity index (χ0n) is 10.9. The van der Waals surface area contributed by atoms with Gasteiger partial charge in [0.2, 0.25) is 11.7 Å². The van der Waals surface area contributed by atoms with Gasteiger partial charge in [-0.05, 0) is 30.0 Å². The zero-order valence-corrected chi connectivity index (χ0v) is 11.7. The Morgan fingerprint density at radius 1 is 1.37 bits per heavy atom. The lowest BCUT2D eigenvalue weighted by Gasteiger charge is -1.98. The molecule has 4 nitrogen and oxygen atoms in total. The van der Waals surface area contributed by atoms with E-state index < -0.39 is 0 Å². The monoisotopic (exact) mass is 275 g/mol. The van der Waals surface area contributed by atoms with E-state index in [4.69, 9.17) is 4.52 Å². The van der Waals surface area contributed by atoms with E-state index in [1.807, 2.05) is 23.9 Å². The van der Waals surface area contributed by atoms with Crippen LogP contribution in [0.3, 0.4) is 0 Å². The van der Waals surface area contributed by atoms with Gasteiger partial charge in [0, 0.05) is 17.0 Å². The molecule has 19 heavy (non-hydrogen) atoms. The number of hydrogen-bond donors (Lipinski definition) is 1. The molecule has 0 bridgehead atoms. The van der Waals surface area contributed by atoms with Crippen molar-refractivity contribution in [1.82, 2.24) is 15.5 Å². The summed E-state index contributed by atoms with van der Waals surface area (Å²) >= 11 is 1.81. The standard InChI is InChI=1S/C14H17N3OS/c1-3-9-15-10-13-16-14(17-18-13)11-5-7-12(8-6-11)19-4-2/h3,5-8,15H,1,4,9-10H2,2H3. The van der Waals surface area contributed by atoms with Crippen molar-refractivity contribution in [2.24, 2.45) is 0 Å². The normalized spacial score (nSPS) is 10.6. The predicted molar refractivity (Wildman–Crippen MR) is 78.0 cm³/mol. The highest BCUT2D eigenvalue weighted by Crippen LogP contribution is 2.22. The summed E-state index contributed by atoms with van der Waals surface area (Å²) in [6.45, 7) is 7.06. The summed E-state index contributed by atoms with van der Waals surface area (Å²) < 4.78 is 5.18. The van der Waals surface area contributed by atoms with Crippen molar-refractivity contribution in [2.75, 3.05) is 12.3 Å². The van der Waals surface area contributed by atoms with Crippen molar-refractivity contribution < 1.29 is 4.52 Å². The Morgan fingerprint density at radius 2 is 2.16 bits per heavy atom. The largest absolute Gasteiger partial charge is 0.338 e. The van der Waals surface area contributed by atoms with Gasteiger partial charge in [-0.2, -0.15) is 4.98 Å². The minimum atomic E-state index is 0.558. The molecule has 1 aromatic heterocycles. The Balaban J connectivity index is 2.02. The Labute approximate surface area is 117 Å². The Kier molecular flexibility index (Phi) is 5.18. The molecular formula is C14H17N3OS. The smallest absolute Gasteiger partial charge is 0.240 e. The molecule has 0 aliphatic heterocycles. The van der Waals surface area contributed by atoms with E-state index >= 15 is 0 Å². The first kappa shape index (κ1) is 13.8. The van der Waals surface area contributed by atoms with Crippen LogP contribution in [0.2, 0.25) is 0 Å². The lowest BCUT2D eigenvalue weighted by Crippen LogP contribution is -2.12. The molecule has 2 aromatic rings. The molecule has 0 saturated carbocycles. The van der Waals surface area contributed by atoms with Gasteiger partial charge in [0.1, 0.15) is 0 Å². The molecule has 0 unspecified atom stereocenters. The first-order valence-electron chi connectivity index (χ1n) is 6.21. The molecule has 0 fully saturated rings. The second kappa shape index (κ2) is 7.11. The average molecular weight is 275 g/mol. The first-order valence-corrected chi connectivity index (χ1v) is 7.19. The van der Waals surface area contributed by atoms with Gasteiger partial charge < -0.3 is 9.84 Å². The van der Waals surface area contributed by atoms with Gasteiger partial charge in [0.05, 0.1) is 6.54 Å². The minimum Gasteiger partial charge on any atom is -0.338 e. The number of rotatable bonds is 7. The highest BCUT2D eigenvalue weighted by Gasteiger charge is 2.07. The first-order chi connectivity index (χ1) is 9.33. The summed E-state index contributed by atoms with van der Waals surface area (Å²) in [4.78, 5) is 5.60. The van der Waals surface area contributed by atoms with Crippen molar-refractivity contribution >= 4 is 11.8 Å². The molecular weight excluding hydrogens is 258 g/mol. The average Bonchev–Trinajstić information content (AvgIpc) is 2.89. The SMILES string of the molecule is C=CCNCc1nc(-c2ccc(SCC)cc2)no1. The van der Waals surface area contributed by atoms with Gasteiger partial charge in [-0.3, -0.25) is 0 Å². The molecule has 1 heterocycles. The van der Waals surface area contributed by atoms with Crippen LogP contribution in [0.1, 0.15) is 12.8 Å². The van der Waals surface area contributed by atoms with Gasteiger partial charge in [-0.15, -0.1) is 18.3 Å². The summed E-state index contributed by atoms with van der Waals surface area (Å²) in [6, 6.07) is 8.19. The lowest BCUT2D eigenvalue weighted by atomic mass is 10.2. The van der Waals surface area contributed by atoms with Crippen molar-refractivity contribution in [2.45, 2.75) is 18.4 Å². The van der Waals surface area contributed by atoms with Crippen molar-refractivity contribution in [3.8, 4) is 11.4 Å². The summed E-state index contributed by atoms with van der Waals surface area (Å²) in [5.74, 6) is 2.29. The van der Waals surface area contributed by atoms with Crippen molar-refractivity contribution in [1.29, 1.82) is 0 Å². The van der Waals surface area contributed by atoms with E-state index in [-0.39, 0.29) is 0 Å².